The van der Waals surface area contributed by atoms with Crippen LogP contribution in [0.3, 0.4) is 0 Å². The lowest BCUT2D eigenvalue weighted by molar-refractivity contribution is -0.122. The standard InChI is InChI=1S/C24H33N3O2/c1-4-15-27(16-5-2)17-9-14-25-24(29)23(26-19(3)28)18-21-12-8-11-20-10-6-7-13-22(20)21/h6-8,10-13,18H,4-5,9,14-17H2,1-3H3,(H,25,29)(H,26,28)/b23-18+. The Kier molecular flexibility index (Phi) is 9.38. The van der Waals surface area contributed by atoms with Crippen molar-refractivity contribution in [2.45, 2.75) is 40.0 Å². The number of carbonyl (C=O) groups is 2. The molecule has 2 aromatic carbocycles. The Balaban J connectivity index is 2.06. The quantitative estimate of drug-likeness (QED) is 0.447. The minimum Gasteiger partial charge on any atom is -0.351 e. The van der Waals surface area contributed by atoms with Crippen molar-refractivity contribution in [3.63, 3.8) is 0 Å². The normalized spacial score (nSPS) is 11.7. The van der Waals surface area contributed by atoms with Gasteiger partial charge < -0.3 is 15.5 Å². The summed E-state index contributed by atoms with van der Waals surface area (Å²) < 4.78 is 0. The lowest BCUT2D eigenvalue weighted by atomic mass is 10.0. The van der Waals surface area contributed by atoms with Crippen molar-refractivity contribution in [1.82, 2.24) is 15.5 Å². The summed E-state index contributed by atoms with van der Waals surface area (Å²) in [5.74, 6) is -0.519. The number of hydrogen-bond donors (Lipinski definition) is 2. The number of hydrogen-bond acceptors (Lipinski definition) is 3. The van der Waals surface area contributed by atoms with Crippen LogP contribution in [-0.2, 0) is 9.59 Å². The Hall–Kier alpha value is -2.66. The highest BCUT2D eigenvalue weighted by atomic mass is 16.2. The monoisotopic (exact) mass is 395 g/mol. The van der Waals surface area contributed by atoms with Crippen LogP contribution in [0.25, 0.3) is 16.8 Å². The first-order valence-corrected chi connectivity index (χ1v) is 10.5. The van der Waals surface area contributed by atoms with Crippen LogP contribution >= 0.6 is 0 Å². The van der Waals surface area contributed by atoms with Crippen LogP contribution in [0, 0.1) is 0 Å². The van der Waals surface area contributed by atoms with Crippen molar-refractivity contribution >= 4 is 28.7 Å². The lowest BCUT2D eigenvalue weighted by Crippen LogP contribution is -2.35. The Morgan fingerprint density at radius 3 is 2.34 bits per heavy atom. The van der Waals surface area contributed by atoms with Gasteiger partial charge in [-0.2, -0.15) is 0 Å². The molecule has 2 amide bonds. The number of benzene rings is 2. The van der Waals surface area contributed by atoms with Crippen LogP contribution in [0.2, 0.25) is 0 Å². The van der Waals surface area contributed by atoms with Crippen LogP contribution in [-0.4, -0.2) is 42.9 Å². The number of amides is 2. The molecule has 0 saturated carbocycles. The molecule has 5 heteroatoms. The van der Waals surface area contributed by atoms with Crippen molar-refractivity contribution in [2.75, 3.05) is 26.2 Å². The SMILES string of the molecule is CCCN(CCC)CCCNC(=O)/C(=C\c1cccc2ccccc12)NC(C)=O. The largest absolute Gasteiger partial charge is 0.351 e. The molecule has 0 unspecified atom stereocenters. The Morgan fingerprint density at radius 2 is 1.66 bits per heavy atom. The van der Waals surface area contributed by atoms with Gasteiger partial charge in [-0.15, -0.1) is 0 Å². The van der Waals surface area contributed by atoms with Gasteiger partial charge >= 0.3 is 0 Å². The zero-order valence-corrected chi connectivity index (χ0v) is 17.8. The first-order valence-electron chi connectivity index (χ1n) is 10.5. The molecule has 5 nitrogen and oxygen atoms in total. The second-order valence-corrected chi connectivity index (χ2v) is 7.26. The topological polar surface area (TPSA) is 61.4 Å². The summed E-state index contributed by atoms with van der Waals surface area (Å²) in [5.41, 5.74) is 1.17. The molecule has 2 N–H and O–H groups in total. The van der Waals surface area contributed by atoms with Gasteiger partial charge in [0.05, 0.1) is 0 Å². The van der Waals surface area contributed by atoms with Crippen LogP contribution in [0.15, 0.2) is 48.2 Å². The summed E-state index contributed by atoms with van der Waals surface area (Å²) in [6.07, 6.45) is 4.90. The maximum atomic E-state index is 12.7. The predicted molar refractivity (Wildman–Crippen MR) is 120 cm³/mol. The van der Waals surface area contributed by atoms with E-state index in [-0.39, 0.29) is 17.5 Å². The van der Waals surface area contributed by atoms with E-state index in [9.17, 15) is 9.59 Å². The lowest BCUT2D eigenvalue weighted by Gasteiger charge is -2.20. The molecule has 156 valence electrons. The van der Waals surface area contributed by atoms with Crippen molar-refractivity contribution in [3.05, 3.63) is 53.7 Å². The molecule has 0 aliphatic carbocycles. The summed E-state index contributed by atoms with van der Waals surface area (Å²) in [6.45, 7) is 9.49. The third kappa shape index (κ3) is 7.35. The smallest absolute Gasteiger partial charge is 0.267 e. The maximum Gasteiger partial charge on any atom is 0.267 e. The van der Waals surface area contributed by atoms with Crippen molar-refractivity contribution in [1.29, 1.82) is 0 Å². The van der Waals surface area contributed by atoms with Gasteiger partial charge in [0.25, 0.3) is 5.91 Å². The van der Waals surface area contributed by atoms with Gasteiger partial charge in [0.2, 0.25) is 5.91 Å². The van der Waals surface area contributed by atoms with E-state index < -0.39 is 0 Å². The fourth-order valence-electron chi connectivity index (χ4n) is 3.45. The molecule has 2 aromatic rings. The molecular formula is C24H33N3O2. The molecule has 0 aliphatic rings. The Bertz CT molecular complexity index is 834. The van der Waals surface area contributed by atoms with Gasteiger partial charge in [0.15, 0.2) is 0 Å². The Morgan fingerprint density at radius 1 is 0.966 bits per heavy atom. The van der Waals surface area contributed by atoms with Crippen molar-refractivity contribution in [2.24, 2.45) is 0 Å². The average Bonchev–Trinajstić information content (AvgIpc) is 2.70. The highest BCUT2D eigenvalue weighted by molar-refractivity contribution is 6.03. The van der Waals surface area contributed by atoms with Gasteiger partial charge in [0.1, 0.15) is 5.70 Å². The molecule has 29 heavy (non-hydrogen) atoms. The second-order valence-electron chi connectivity index (χ2n) is 7.26. The van der Waals surface area contributed by atoms with E-state index in [2.05, 4.69) is 29.4 Å². The molecule has 0 saturated heterocycles. The minimum absolute atomic E-state index is 0.259. The first-order chi connectivity index (χ1) is 14.0. The maximum absolute atomic E-state index is 12.7. The molecule has 0 bridgehead atoms. The molecule has 0 fully saturated rings. The highest BCUT2D eigenvalue weighted by Gasteiger charge is 2.12. The van der Waals surface area contributed by atoms with E-state index in [1.165, 1.54) is 6.92 Å². The molecule has 0 atom stereocenters. The average molecular weight is 396 g/mol. The highest BCUT2D eigenvalue weighted by Crippen LogP contribution is 2.20. The first kappa shape index (κ1) is 22.6. The molecule has 2 rings (SSSR count). The summed E-state index contributed by atoms with van der Waals surface area (Å²) in [5, 5.41) is 7.77. The molecular weight excluding hydrogens is 362 g/mol. The third-order valence-corrected chi connectivity index (χ3v) is 4.69. The fraction of sp³-hybridized carbons (Fsp3) is 0.417. The van der Waals surface area contributed by atoms with Gasteiger partial charge in [-0.25, -0.2) is 0 Å². The summed E-state index contributed by atoms with van der Waals surface area (Å²) in [4.78, 5) is 26.8. The van der Waals surface area contributed by atoms with Gasteiger partial charge in [0, 0.05) is 13.5 Å². The zero-order chi connectivity index (χ0) is 21.1. The predicted octanol–water partition coefficient (Wildman–Crippen LogP) is 3.95. The number of carbonyl (C=O) groups excluding carboxylic acids is 2. The summed E-state index contributed by atoms with van der Waals surface area (Å²) in [7, 11) is 0. The van der Waals surface area contributed by atoms with Gasteiger partial charge in [-0.1, -0.05) is 56.3 Å². The molecule has 0 heterocycles. The molecule has 0 aromatic heterocycles. The van der Waals surface area contributed by atoms with E-state index in [0.29, 0.717) is 6.54 Å². The fourth-order valence-corrected chi connectivity index (χ4v) is 3.45. The van der Waals surface area contributed by atoms with Crippen LogP contribution in [0.4, 0.5) is 0 Å². The van der Waals surface area contributed by atoms with Gasteiger partial charge in [-0.3, -0.25) is 9.59 Å². The minimum atomic E-state index is -0.260. The number of nitrogens with zero attached hydrogens (tertiary/aromatic N) is 1. The van der Waals surface area contributed by atoms with E-state index in [1.54, 1.807) is 6.08 Å². The van der Waals surface area contributed by atoms with Crippen LogP contribution in [0.1, 0.15) is 45.6 Å². The van der Waals surface area contributed by atoms with Crippen molar-refractivity contribution in [3.8, 4) is 0 Å². The number of rotatable bonds is 11. The Labute approximate surface area is 174 Å². The molecule has 0 aliphatic heterocycles. The van der Waals surface area contributed by atoms with E-state index in [1.807, 2.05) is 42.5 Å². The number of nitrogens with one attached hydrogen (secondary N) is 2. The van der Waals surface area contributed by atoms with E-state index >= 15 is 0 Å². The second kappa shape index (κ2) is 12.0. The zero-order valence-electron chi connectivity index (χ0n) is 17.8. The van der Waals surface area contributed by atoms with E-state index in [0.717, 1.165) is 55.2 Å². The third-order valence-electron chi connectivity index (χ3n) is 4.69. The molecule has 0 radical (unpaired) electrons. The summed E-state index contributed by atoms with van der Waals surface area (Å²) >= 11 is 0. The van der Waals surface area contributed by atoms with Gasteiger partial charge in [-0.05, 0) is 61.3 Å². The van der Waals surface area contributed by atoms with E-state index in [4.69, 9.17) is 0 Å². The number of fused-ring (bicyclic) bond motifs is 1. The molecule has 0 spiro atoms. The summed E-state index contributed by atoms with van der Waals surface area (Å²) in [6, 6.07) is 13.9. The van der Waals surface area contributed by atoms with Crippen LogP contribution < -0.4 is 10.6 Å². The van der Waals surface area contributed by atoms with Crippen molar-refractivity contribution < 1.29 is 9.59 Å². The van der Waals surface area contributed by atoms with Crippen LogP contribution in [0.5, 0.6) is 0 Å².